The van der Waals surface area contributed by atoms with Gasteiger partial charge < -0.3 is 15.8 Å². The molecule has 98 valence electrons. The molecule has 3 N–H and O–H groups in total. The summed E-state index contributed by atoms with van der Waals surface area (Å²) in [6, 6.07) is 5.53. The van der Waals surface area contributed by atoms with E-state index in [1.165, 1.54) is 0 Å². The number of aryl methyl sites for hydroxylation is 2. The van der Waals surface area contributed by atoms with E-state index in [2.05, 4.69) is 10.4 Å². The Kier molecular flexibility index (Phi) is 2.63. The Labute approximate surface area is 110 Å². The summed E-state index contributed by atoms with van der Waals surface area (Å²) in [6.45, 7) is 0. The standard InChI is InChI=1S/C13H14N4O2/c1-17-7-10(14)13(16-17)19-9-3-4-11-8(6-9)2-5-12(18)15-11/h3-4,6-7H,2,5,14H2,1H3,(H,15,18). The molecule has 0 spiro atoms. The highest BCUT2D eigenvalue weighted by molar-refractivity contribution is 5.94. The lowest BCUT2D eigenvalue weighted by molar-refractivity contribution is -0.116. The largest absolute Gasteiger partial charge is 0.436 e. The van der Waals surface area contributed by atoms with Crippen LogP contribution < -0.4 is 15.8 Å². The zero-order valence-electron chi connectivity index (χ0n) is 10.5. The van der Waals surface area contributed by atoms with Crippen LogP contribution in [-0.4, -0.2) is 15.7 Å². The van der Waals surface area contributed by atoms with E-state index in [-0.39, 0.29) is 5.91 Å². The van der Waals surface area contributed by atoms with Crippen molar-refractivity contribution in [2.24, 2.45) is 7.05 Å². The number of fused-ring (bicyclic) bond motifs is 1. The molecule has 0 unspecified atom stereocenters. The molecule has 0 radical (unpaired) electrons. The van der Waals surface area contributed by atoms with E-state index >= 15 is 0 Å². The maximum atomic E-state index is 11.3. The summed E-state index contributed by atoms with van der Waals surface area (Å²) in [5.41, 5.74) is 8.18. The van der Waals surface area contributed by atoms with E-state index in [0.29, 0.717) is 23.7 Å². The fourth-order valence-electron chi connectivity index (χ4n) is 2.10. The second-order valence-corrected chi connectivity index (χ2v) is 4.53. The number of nitrogens with zero attached hydrogens (tertiary/aromatic N) is 2. The summed E-state index contributed by atoms with van der Waals surface area (Å²) in [7, 11) is 1.78. The van der Waals surface area contributed by atoms with Gasteiger partial charge in [0.05, 0.1) is 6.20 Å². The van der Waals surface area contributed by atoms with Gasteiger partial charge in [-0.25, -0.2) is 0 Å². The molecule has 2 heterocycles. The SMILES string of the molecule is Cn1cc(N)c(Oc2ccc3c(c2)CCC(=O)N3)n1. The average Bonchev–Trinajstić information content (AvgIpc) is 2.68. The van der Waals surface area contributed by atoms with Crippen molar-refractivity contribution in [2.75, 3.05) is 11.1 Å². The van der Waals surface area contributed by atoms with E-state index in [0.717, 1.165) is 17.7 Å². The molecular formula is C13H14N4O2. The molecule has 1 aliphatic heterocycles. The minimum absolute atomic E-state index is 0.0511. The molecule has 1 aromatic heterocycles. The van der Waals surface area contributed by atoms with Gasteiger partial charge >= 0.3 is 0 Å². The van der Waals surface area contributed by atoms with E-state index in [9.17, 15) is 4.79 Å². The molecule has 19 heavy (non-hydrogen) atoms. The molecule has 6 heteroatoms. The van der Waals surface area contributed by atoms with Gasteiger partial charge in [-0.15, -0.1) is 5.10 Å². The Bertz CT molecular complexity index is 648. The minimum Gasteiger partial charge on any atom is -0.436 e. The highest BCUT2D eigenvalue weighted by Gasteiger charge is 2.16. The van der Waals surface area contributed by atoms with Gasteiger partial charge in [-0.05, 0) is 30.2 Å². The third-order valence-corrected chi connectivity index (χ3v) is 3.01. The number of aromatic nitrogens is 2. The molecule has 0 saturated heterocycles. The number of benzene rings is 1. The number of rotatable bonds is 2. The summed E-state index contributed by atoms with van der Waals surface area (Å²) in [5, 5.41) is 6.96. The Balaban J connectivity index is 1.86. The number of nitrogens with two attached hydrogens (primary N) is 1. The Hall–Kier alpha value is -2.50. The molecule has 0 bridgehead atoms. The maximum absolute atomic E-state index is 11.3. The predicted octanol–water partition coefficient (Wildman–Crippen LogP) is 1.68. The summed E-state index contributed by atoms with van der Waals surface area (Å²) < 4.78 is 7.25. The highest BCUT2D eigenvalue weighted by atomic mass is 16.5. The van der Waals surface area contributed by atoms with Crippen LogP contribution in [-0.2, 0) is 18.3 Å². The van der Waals surface area contributed by atoms with Crippen LogP contribution in [0.5, 0.6) is 11.6 Å². The maximum Gasteiger partial charge on any atom is 0.261 e. The highest BCUT2D eigenvalue weighted by Crippen LogP contribution is 2.30. The van der Waals surface area contributed by atoms with Crippen molar-refractivity contribution < 1.29 is 9.53 Å². The molecule has 1 amide bonds. The molecule has 0 aliphatic carbocycles. The summed E-state index contributed by atoms with van der Waals surface area (Å²) >= 11 is 0. The number of anilines is 2. The zero-order valence-corrected chi connectivity index (χ0v) is 10.5. The number of hydrogen-bond acceptors (Lipinski definition) is 4. The summed E-state index contributed by atoms with van der Waals surface area (Å²) in [5.74, 6) is 1.11. The number of carbonyl (C=O) groups excluding carboxylic acids is 1. The number of carbonyl (C=O) groups is 1. The van der Waals surface area contributed by atoms with Crippen molar-refractivity contribution in [1.29, 1.82) is 0 Å². The van der Waals surface area contributed by atoms with Crippen molar-refractivity contribution in [3.8, 4) is 11.6 Å². The number of ether oxygens (including phenoxy) is 1. The Morgan fingerprint density at radius 1 is 1.42 bits per heavy atom. The van der Waals surface area contributed by atoms with Crippen LogP contribution in [0.4, 0.5) is 11.4 Å². The first kappa shape index (κ1) is 11.6. The van der Waals surface area contributed by atoms with E-state index in [1.807, 2.05) is 12.1 Å². The van der Waals surface area contributed by atoms with Crippen molar-refractivity contribution in [2.45, 2.75) is 12.8 Å². The van der Waals surface area contributed by atoms with Crippen LogP contribution in [0.15, 0.2) is 24.4 Å². The molecule has 2 aromatic rings. The van der Waals surface area contributed by atoms with Gasteiger partial charge in [-0.3, -0.25) is 9.48 Å². The van der Waals surface area contributed by atoms with E-state index < -0.39 is 0 Å². The van der Waals surface area contributed by atoms with Gasteiger partial charge in [0.1, 0.15) is 11.4 Å². The normalized spacial score (nSPS) is 13.8. The number of nitrogen functional groups attached to an aromatic ring is 1. The van der Waals surface area contributed by atoms with E-state index in [4.69, 9.17) is 10.5 Å². The molecule has 0 atom stereocenters. The first-order valence-electron chi connectivity index (χ1n) is 6.01. The van der Waals surface area contributed by atoms with Gasteiger partial charge in [0.25, 0.3) is 5.88 Å². The molecule has 0 fully saturated rings. The summed E-state index contributed by atoms with van der Waals surface area (Å²) in [4.78, 5) is 11.3. The fraction of sp³-hybridized carbons (Fsp3) is 0.231. The van der Waals surface area contributed by atoms with Crippen LogP contribution in [0.25, 0.3) is 0 Å². The molecule has 1 aromatic carbocycles. The van der Waals surface area contributed by atoms with Gasteiger partial charge in [0, 0.05) is 19.2 Å². The fourth-order valence-corrected chi connectivity index (χ4v) is 2.10. The van der Waals surface area contributed by atoms with Crippen molar-refractivity contribution in [3.63, 3.8) is 0 Å². The van der Waals surface area contributed by atoms with Crippen molar-refractivity contribution in [1.82, 2.24) is 9.78 Å². The monoisotopic (exact) mass is 258 g/mol. The van der Waals surface area contributed by atoms with Gasteiger partial charge in [-0.1, -0.05) is 0 Å². The number of nitrogens with one attached hydrogen (secondary N) is 1. The van der Waals surface area contributed by atoms with Crippen molar-refractivity contribution in [3.05, 3.63) is 30.0 Å². The smallest absolute Gasteiger partial charge is 0.261 e. The molecule has 3 rings (SSSR count). The van der Waals surface area contributed by atoms with Crippen LogP contribution >= 0.6 is 0 Å². The second-order valence-electron chi connectivity index (χ2n) is 4.53. The Morgan fingerprint density at radius 2 is 2.26 bits per heavy atom. The zero-order chi connectivity index (χ0) is 13.4. The third kappa shape index (κ3) is 2.24. The average molecular weight is 258 g/mol. The van der Waals surface area contributed by atoms with Gasteiger partial charge in [0.2, 0.25) is 5.91 Å². The summed E-state index contributed by atoms with van der Waals surface area (Å²) in [6.07, 6.45) is 2.91. The van der Waals surface area contributed by atoms with Crippen LogP contribution in [0, 0.1) is 0 Å². The third-order valence-electron chi connectivity index (χ3n) is 3.01. The molecule has 6 nitrogen and oxygen atoms in total. The first-order valence-corrected chi connectivity index (χ1v) is 6.01. The topological polar surface area (TPSA) is 82.2 Å². The predicted molar refractivity (Wildman–Crippen MR) is 71.1 cm³/mol. The lowest BCUT2D eigenvalue weighted by atomic mass is 10.0. The number of hydrogen-bond donors (Lipinski definition) is 2. The van der Waals surface area contributed by atoms with Gasteiger partial charge in [0.15, 0.2) is 0 Å². The quantitative estimate of drug-likeness (QED) is 0.858. The number of amides is 1. The van der Waals surface area contributed by atoms with Crippen LogP contribution in [0.1, 0.15) is 12.0 Å². The Morgan fingerprint density at radius 3 is 3.00 bits per heavy atom. The lowest BCUT2D eigenvalue weighted by Gasteiger charge is -2.17. The van der Waals surface area contributed by atoms with Crippen molar-refractivity contribution >= 4 is 17.3 Å². The minimum atomic E-state index is 0.0511. The first-order chi connectivity index (χ1) is 9.11. The van der Waals surface area contributed by atoms with Gasteiger partial charge in [-0.2, -0.15) is 0 Å². The molecule has 0 saturated carbocycles. The van der Waals surface area contributed by atoms with Crippen LogP contribution in [0.2, 0.25) is 0 Å². The second kappa shape index (κ2) is 4.31. The molecule has 1 aliphatic rings. The lowest BCUT2D eigenvalue weighted by Crippen LogP contribution is -2.18. The molecular weight excluding hydrogens is 244 g/mol. The van der Waals surface area contributed by atoms with E-state index in [1.54, 1.807) is 24.0 Å². The van der Waals surface area contributed by atoms with Crippen LogP contribution in [0.3, 0.4) is 0 Å².